The van der Waals surface area contributed by atoms with Crippen LogP contribution in [-0.2, 0) is 5.88 Å². The normalized spacial score (nSPS) is 10.1. The minimum atomic E-state index is 0.552. The van der Waals surface area contributed by atoms with Crippen molar-refractivity contribution in [1.82, 2.24) is 4.98 Å². The molecule has 0 spiro atoms. The Labute approximate surface area is 84.5 Å². The van der Waals surface area contributed by atoms with Crippen LogP contribution in [0.25, 0.3) is 0 Å². The predicted molar refractivity (Wildman–Crippen MR) is 57.4 cm³/mol. The second kappa shape index (κ2) is 5.07. The topological polar surface area (TPSA) is 16.1 Å². The molecule has 0 aliphatic carbocycles. The third kappa shape index (κ3) is 2.59. The van der Waals surface area contributed by atoms with Crippen molar-refractivity contribution in [2.45, 2.75) is 19.7 Å². The van der Waals surface area contributed by atoms with E-state index in [9.17, 15) is 0 Å². The van der Waals surface area contributed by atoms with E-state index in [2.05, 4.69) is 23.7 Å². The van der Waals surface area contributed by atoms with Crippen molar-refractivity contribution in [3.8, 4) is 0 Å². The number of aromatic nitrogens is 1. The molecule has 2 nitrogen and oxygen atoms in total. The highest BCUT2D eigenvalue weighted by Crippen LogP contribution is 2.13. The number of rotatable bonds is 4. The lowest BCUT2D eigenvalue weighted by molar-refractivity contribution is 0.845. The molecular formula is C10H15ClN2. The summed E-state index contributed by atoms with van der Waals surface area (Å²) in [6.07, 6.45) is 1.81. The third-order valence-corrected chi connectivity index (χ3v) is 2.36. The van der Waals surface area contributed by atoms with Crippen LogP contribution in [-0.4, -0.2) is 18.1 Å². The zero-order valence-electron chi connectivity index (χ0n) is 8.13. The van der Waals surface area contributed by atoms with Gasteiger partial charge in [0.25, 0.3) is 0 Å². The lowest BCUT2D eigenvalue weighted by Gasteiger charge is -2.19. The standard InChI is InChI=1S/C10H15ClN2/c1-3-13(4-2)10-7-9(8-11)5-6-12-10/h5-7H,3-4,8H2,1-2H3. The van der Waals surface area contributed by atoms with E-state index in [1.165, 1.54) is 0 Å². The summed E-state index contributed by atoms with van der Waals surface area (Å²) in [5, 5.41) is 0. The molecule has 0 radical (unpaired) electrons. The van der Waals surface area contributed by atoms with Gasteiger partial charge in [-0.05, 0) is 31.5 Å². The monoisotopic (exact) mass is 198 g/mol. The van der Waals surface area contributed by atoms with Gasteiger partial charge in [-0.25, -0.2) is 4.98 Å². The molecule has 1 rings (SSSR count). The van der Waals surface area contributed by atoms with Crippen LogP contribution < -0.4 is 4.90 Å². The van der Waals surface area contributed by atoms with E-state index in [1.54, 1.807) is 0 Å². The van der Waals surface area contributed by atoms with Gasteiger partial charge in [0.15, 0.2) is 0 Å². The lowest BCUT2D eigenvalue weighted by atomic mass is 10.3. The SMILES string of the molecule is CCN(CC)c1cc(CCl)ccn1. The fraction of sp³-hybridized carbons (Fsp3) is 0.500. The lowest BCUT2D eigenvalue weighted by Crippen LogP contribution is -2.22. The largest absolute Gasteiger partial charge is 0.357 e. The highest BCUT2D eigenvalue weighted by atomic mass is 35.5. The summed E-state index contributed by atoms with van der Waals surface area (Å²) in [7, 11) is 0. The van der Waals surface area contributed by atoms with Crippen LogP contribution >= 0.6 is 11.6 Å². The smallest absolute Gasteiger partial charge is 0.128 e. The number of halogens is 1. The van der Waals surface area contributed by atoms with Gasteiger partial charge in [-0.15, -0.1) is 11.6 Å². The molecule has 0 N–H and O–H groups in total. The average molecular weight is 199 g/mol. The molecule has 0 saturated carbocycles. The minimum absolute atomic E-state index is 0.552. The second-order valence-electron chi connectivity index (χ2n) is 2.83. The van der Waals surface area contributed by atoms with E-state index < -0.39 is 0 Å². The van der Waals surface area contributed by atoms with Gasteiger partial charge in [-0.3, -0.25) is 0 Å². The van der Waals surface area contributed by atoms with Crippen molar-refractivity contribution in [2.75, 3.05) is 18.0 Å². The Morgan fingerprint density at radius 2 is 2.08 bits per heavy atom. The molecule has 72 valence electrons. The van der Waals surface area contributed by atoms with Crippen LogP contribution in [0.4, 0.5) is 5.82 Å². The summed E-state index contributed by atoms with van der Waals surface area (Å²) in [5.74, 6) is 1.57. The van der Waals surface area contributed by atoms with Gasteiger partial charge in [-0.2, -0.15) is 0 Å². The molecule has 0 aliphatic rings. The Morgan fingerprint density at radius 3 is 2.62 bits per heavy atom. The predicted octanol–water partition coefficient (Wildman–Crippen LogP) is 2.67. The summed E-state index contributed by atoms with van der Waals surface area (Å²) < 4.78 is 0. The molecule has 0 saturated heterocycles. The molecule has 0 unspecified atom stereocenters. The molecule has 1 aromatic heterocycles. The van der Waals surface area contributed by atoms with Crippen molar-refractivity contribution in [2.24, 2.45) is 0 Å². The second-order valence-corrected chi connectivity index (χ2v) is 3.10. The van der Waals surface area contributed by atoms with Crippen LogP contribution in [0.3, 0.4) is 0 Å². The molecule has 0 atom stereocenters. The maximum Gasteiger partial charge on any atom is 0.128 e. The molecule has 0 fully saturated rings. The van der Waals surface area contributed by atoms with Crippen molar-refractivity contribution in [1.29, 1.82) is 0 Å². The minimum Gasteiger partial charge on any atom is -0.357 e. The molecule has 0 amide bonds. The van der Waals surface area contributed by atoms with Crippen LogP contribution in [0.1, 0.15) is 19.4 Å². The van der Waals surface area contributed by atoms with E-state index in [-0.39, 0.29) is 0 Å². The zero-order chi connectivity index (χ0) is 9.68. The van der Waals surface area contributed by atoms with Gasteiger partial charge >= 0.3 is 0 Å². The molecule has 3 heteroatoms. The molecule has 13 heavy (non-hydrogen) atoms. The van der Waals surface area contributed by atoms with Crippen molar-refractivity contribution in [3.63, 3.8) is 0 Å². The Morgan fingerprint density at radius 1 is 1.38 bits per heavy atom. The maximum atomic E-state index is 5.74. The highest BCUT2D eigenvalue weighted by Gasteiger charge is 2.02. The number of hydrogen-bond acceptors (Lipinski definition) is 2. The molecule has 1 heterocycles. The van der Waals surface area contributed by atoms with E-state index >= 15 is 0 Å². The first-order valence-corrected chi connectivity index (χ1v) is 5.11. The zero-order valence-corrected chi connectivity index (χ0v) is 8.88. The quantitative estimate of drug-likeness (QED) is 0.692. The van der Waals surface area contributed by atoms with Crippen LogP contribution in [0.15, 0.2) is 18.3 Å². The van der Waals surface area contributed by atoms with Crippen LogP contribution in [0, 0.1) is 0 Å². The van der Waals surface area contributed by atoms with E-state index in [1.807, 2.05) is 18.3 Å². The molecular weight excluding hydrogens is 184 g/mol. The fourth-order valence-corrected chi connectivity index (χ4v) is 1.43. The highest BCUT2D eigenvalue weighted by molar-refractivity contribution is 6.17. The van der Waals surface area contributed by atoms with Gasteiger partial charge < -0.3 is 4.90 Å². The molecule has 1 aromatic rings. The first-order chi connectivity index (χ1) is 6.31. The van der Waals surface area contributed by atoms with Crippen molar-refractivity contribution < 1.29 is 0 Å². The number of pyridine rings is 1. The Balaban J connectivity index is 2.86. The Hall–Kier alpha value is -0.760. The number of alkyl halides is 1. The summed E-state index contributed by atoms with van der Waals surface area (Å²) in [6.45, 7) is 6.21. The molecule has 0 aliphatic heterocycles. The van der Waals surface area contributed by atoms with E-state index in [0.29, 0.717) is 5.88 Å². The van der Waals surface area contributed by atoms with Gasteiger partial charge in [0.05, 0.1) is 0 Å². The van der Waals surface area contributed by atoms with Crippen LogP contribution in [0.5, 0.6) is 0 Å². The van der Waals surface area contributed by atoms with E-state index in [0.717, 1.165) is 24.5 Å². The van der Waals surface area contributed by atoms with Gasteiger partial charge in [0.1, 0.15) is 5.82 Å². The number of nitrogens with zero attached hydrogens (tertiary/aromatic N) is 2. The number of anilines is 1. The maximum absolute atomic E-state index is 5.74. The summed E-state index contributed by atoms with van der Waals surface area (Å²) in [5.41, 5.74) is 1.12. The van der Waals surface area contributed by atoms with Crippen molar-refractivity contribution >= 4 is 17.4 Å². The summed E-state index contributed by atoms with van der Waals surface area (Å²) in [4.78, 5) is 6.50. The Kier molecular flexibility index (Phi) is 4.03. The first kappa shape index (κ1) is 10.3. The first-order valence-electron chi connectivity index (χ1n) is 4.57. The average Bonchev–Trinajstić information content (AvgIpc) is 2.20. The summed E-state index contributed by atoms with van der Waals surface area (Å²) in [6, 6.07) is 3.99. The molecule has 0 aromatic carbocycles. The van der Waals surface area contributed by atoms with Gasteiger partial charge in [0, 0.05) is 25.2 Å². The third-order valence-electron chi connectivity index (χ3n) is 2.05. The Bertz CT molecular complexity index is 259. The van der Waals surface area contributed by atoms with E-state index in [4.69, 9.17) is 11.6 Å². The van der Waals surface area contributed by atoms with Crippen molar-refractivity contribution in [3.05, 3.63) is 23.9 Å². The fourth-order valence-electron chi connectivity index (χ4n) is 1.26. The summed E-state index contributed by atoms with van der Waals surface area (Å²) >= 11 is 5.74. The number of hydrogen-bond donors (Lipinski definition) is 0. The van der Waals surface area contributed by atoms with Gasteiger partial charge in [-0.1, -0.05) is 0 Å². The van der Waals surface area contributed by atoms with Crippen LogP contribution in [0.2, 0.25) is 0 Å². The molecule has 0 bridgehead atoms. The van der Waals surface area contributed by atoms with Gasteiger partial charge in [0.2, 0.25) is 0 Å².